The van der Waals surface area contributed by atoms with E-state index in [1.54, 1.807) is 0 Å². The Morgan fingerprint density at radius 1 is 1.30 bits per heavy atom. The molecule has 1 heterocycles. The van der Waals surface area contributed by atoms with Gasteiger partial charge in [-0.25, -0.2) is 4.79 Å². The summed E-state index contributed by atoms with van der Waals surface area (Å²) in [6.07, 6.45) is -0.478. The summed E-state index contributed by atoms with van der Waals surface area (Å²) < 4.78 is 32.4. The lowest BCUT2D eigenvalue weighted by Gasteiger charge is -2.07. The van der Waals surface area contributed by atoms with E-state index >= 15 is 0 Å². The number of hydrogen-bond donors (Lipinski definition) is 1. The molecule has 1 fully saturated rings. The standard InChI is InChI=1S/C12H13NO6S/c1-13-12(15)19-9-4-2-8(3-5-9)11(14)10-6-7-18-20(10,16)17/h2-5,10H,6-7H2,1H3,(H,13,15). The fraction of sp³-hybridized carbons (Fsp3) is 0.333. The molecule has 7 nitrogen and oxygen atoms in total. The van der Waals surface area contributed by atoms with E-state index in [1.165, 1.54) is 31.3 Å². The van der Waals surface area contributed by atoms with Gasteiger partial charge >= 0.3 is 6.09 Å². The molecule has 1 atom stereocenters. The van der Waals surface area contributed by atoms with E-state index in [0.29, 0.717) is 0 Å². The minimum Gasteiger partial charge on any atom is -0.410 e. The van der Waals surface area contributed by atoms with Crippen molar-refractivity contribution in [3.05, 3.63) is 29.8 Å². The molecule has 108 valence electrons. The van der Waals surface area contributed by atoms with E-state index in [4.69, 9.17) is 4.74 Å². The summed E-state index contributed by atoms with van der Waals surface area (Å²) in [7, 11) is -2.39. The second-order valence-corrected chi connectivity index (χ2v) is 5.91. The van der Waals surface area contributed by atoms with Gasteiger partial charge in [0, 0.05) is 12.6 Å². The Hall–Kier alpha value is -1.93. The SMILES string of the molecule is CNC(=O)Oc1ccc(C(=O)C2CCOS2(=O)=O)cc1. The predicted octanol–water partition coefficient (Wildman–Crippen LogP) is 0.706. The largest absolute Gasteiger partial charge is 0.412 e. The molecule has 2 rings (SSSR count). The van der Waals surface area contributed by atoms with Crippen molar-refractivity contribution in [2.24, 2.45) is 0 Å². The van der Waals surface area contributed by atoms with Crippen LogP contribution in [0, 0.1) is 0 Å². The molecule has 1 saturated heterocycles. The van der Waals surface area contributed by atoms with Gasteiger partial charge in [-0.15, -0.1) is 0 Å². The van der Waals surface area contributed by atoms with Gasteiger partial charge in [-0.1, -0.05) is 0 Å². The van der Waals surface area contributed by atoms with Crippen LogP contribution in [-0.2, 0) is 14.3 Å². The first-order valence-corrected chi connectivity index (χ1v) is 7.33. The number of nitrogens with one attached hydrogen (secondary N) is 1. The van der Waals surface area contributed by atoms with Gasteiger partial charge in [-0.2, -0.15) is 8.42 Å². The summed E-state index contributed by atoms with van der Waals surface area (Å²) in [5.41, 5.74) is 0.230. The van der Waals surface area contributed by atoms with Crippen molar-refractivity contribution in [2.45, 2.75) is 11.7 Å². The maximum absolute atomic E-state index is 12.1. The highest BCUT2D eigenvalue weighted by Gasteiger charge is 2.38. The molecule has 1 N–H and O–H groups in total. The Balaban J connectivity index is 2.14. The minimum atomic E-state index is -3.81. The molecular weight excluding hydrogens is 286 g/mol. The zero-order valence-corrected chi connectivity index (χ0v) is 11.5. The summed E-state index contributed by atoms with van der Waals surface area (Å²) in [6.45, 7) is 0.0244. The summed E-state index contributed by atoms with van der Waals surface area (Å²) in [6, 6.07) is 5.67. The lowest BCUT2D eigenvalue weighted by molar-refractivity contribution is 0.0987. The summed E-state index contributed by atoms with van der Waals surface area (Å²) in [4.78, 5) is 23.1. The predicted molar refractivity (Wildman–Crippen MR) is 69.1 cm³/mol. The molecule has 0 radical (unpaired) electrons. The van der Waals surface area contributed by atoms with Crippen molar-refractivity contribution in [1.29, 1.82) is 0 Å². The number of amides is 1. The Morgan fingerprint density at radius 2 is 1.95 bits per heavy atom. The molecule has 1 amide bonds. The van der Waals surface area contributed by atoms with Gasteiger partial charge < -0.3 is 10.1 Å². The number of rotatable bonds is 3. The van der Waals surface area contributed by atoms with Crippen molar-refractivity contribution in [1.82, 2.24) is 5.32 Å². The van der Waals surface area contributed by atoms with Crippen LogP contribution >= 0.6 is 0 Å². The number of carbonyl (C=O) groups excluding carboxylic acids is 2. The molecule has 1 aliphatic rings. The van der Waals surface area contributed by atoms with Crippen molar-refractivity contribution < 1.29 is 26.9 Å². The zero-order chi connectivity index (χ0) is 14.8. The minimum absolute atomic E-state index is 0.0244. The molecule has 20 heavy (non-hydrogen) atoms. The Bertz CT molecular complexity index is 622. The topological polar surface area (TPSA) is 98.8 Å². The van der Waals surface area contributed by atoms with E-state index in [2.05, 4.69) is 9.50 Å². The van der Waals surface area contributed by atoms with E-state index in [0.717, 1.165) is 0 Å². The van der Waals surface area contributed by atoms with Gasteiger partial charge in [0.05, 0.1) is 6.61 Å². The van der Waals surface area contributed by atoms with Crippen molar-refractivity contribution in [3.63, 3.8) is 0 Å². The van der Waals surface area contributed by atoms with Crippen LogP contribution in [0.4, 0.5) is 4.79 Å². The number of Topliss-reactive ketones (excluding diaryl/α,β-unsaturated/α-hetero) is 1. The fourth-order valence-electron chi connectivity index (χ4n) is 1.79. The van der Waals surface area contributed by atoms with Crippen LogP contribution in [0.2, 0.25) is 0 Å². The van der Waals surface area contributed by atoms with Crippen molar-refractivity contribution in [2.75, 3.05) is 13.7 Å². The Kier molecular flexibility index (Phi) is 4.05. The molecular formula is C12H13NO6S. The van der Waals surface area contributed by atoms with Crippen LogP contribution in [0.15, 0.2) is 24.3 Å². The summed E-state index contributed by atoms with van der Waals surface area (Å²) >= 11 is 0. The Labute approximate surface area is 116 Å². The van der Waals surface area contributed by atoms with E-state index in [9.17, 15) is 18.0 Å². The molecule has 8 heteroatoms. The molecule has 1 aromatic carbocycles. The summed E-state index contributed by atoms with van der Waals surface area (Å²) in [5.74, 6) is -0.263. The van der Waals surface area contributed by atoms with E-state index in [1.807, 2.05) is 0 Å². The van der Waals surface area contributed by atoms with Gasteiger partial charge in [0.2, 0.25) is 0 Å². The highest BCUT2D eigenvalue weighted by atomic mass is 32.2. The van der Waals surface area contributed by atoms with Gasteiger partial charge in [-0.3, -0.25) is 8.98 Å². The average molecular weight is 299 g/mol. The fourth-order valence-corrected chi connectivity index (χ4v) is 3.07. The number of hydrogen-bond acceptors (Lipinski definition) is 6. The maximum atomic E-state index is 12.1. The number of carbonyl (C=O) groups is 2. The highest BCUT2D eigenvalue weighted by Crippen LogP contribution is 2.23. The smallest absolute Gasteiger partial charge is 0.410 e. The second kappa shape index (κ2) is 5.59. The first-order valence-electron chi connectivity index (χ1n) is 5.86. The van der Waals surface area contributed by atoms with Crippen LogP contribution in [0.3, 0.4) is 0 Å². The Morgan fingerprint density at radius 3 is 2.45 bits per heavy atom. The van der Waals surface area contributed by atoms with Crippen LogP contribution in [0.1, 0.15) is 16.8 Å². The third kappa shape index (κ3) is 2.97. The number of ketones is 1. The molecule has 0 saturated carbocycles. The lowest BCUT2D eigenvalue weighted by Crippen LogP contribution is -2.25. The lowest BCUT2D eigenvalue weighted by atomic mass is 10.1. The van der Waals surface area contributed by atoms with Gasteiger partial charge in [-0.05, 0) is 30.7 Å². The molecule has 0 aliphatic carbocycles. The van der Waals surface area contributed by atoms with Gasteiger partial charge in [0.15, 0.2) is 11.0 Å². The molecule has 0 spiro atoms. The zero-order valence-electron chi connectivity index (χ0n) is 10.7. The van der Waals surface area contributed by atoms with E-state index < -0.39 is 27.2 Å². The van der Waals surface area contributed by atoms with Crippen molar-refractivity contribution >= 4 is 22.0 Å². The highest BCUT2D eigenvalue weighted by molar-refractivity contribution is 7.88. The average Bonchev–Trinajstić information content (AvgIpc) is 2.78. The second-order valence-electron chi connectivity index (χ2n) is 4.12. The third-order valence-corrected chi connectivity index (χ3v) is 4.46. The first kappa shape index (κ1) is 14.5. The molecule has 1 unspecified atom stereocenters. The van der Waals surface area contributed by atoms with Gasteiger partial charge in [0.25, 0.3) is 10.1 Å². The normalized spacial score (nSPS) is 20.4. The monoisotopic (exact) mass is 299 g/mol. The molecule has 0 bridgehead atoms. The first-order chi connectivity index (χ1) is 9.44. The molecule has 1 aliphatic heterocycles. The van der Waals surface area contributed by atoms with Crippen LogP contribution in [-0.4, -0.2) is 39.2 Å². The molecule has 1 aromatic rings. The van der Waals surface area contributed by atoms with Crippen molar-refractivity contribution in [3.8, 4) is 5.75 Å². The van der Waals surface area contributed by atoms with Crippen LogP contribution in [0.5, 0.6) is 5.75 Å². The third-order valence-electron chi connectivity index (χ3n) is 2.82. The summed E-state index contributed by atoms with van der Waals surface area (Å²) in [5, 5.41) is 1.12. The van der Waals surface area contributed by atoms with Gasteiger partial charge in [0.1, 0.15) is 5.75 Å². The number of ether oxygens (including phenoxy) is 1. The van der Waals surface area contributed by atoms with E-state index in [-0.39, 0.29) is 24.3 Å². The van der Waals surface area contributed by atoms with Crippen LogP contribution in [0.25, 0.3) is 0 Å². The molecule has 0 aromatic heterocycles. The maximum Gasteiger partial charge on any atom is 0.412 e. The quantitative estimate of drug-likeness (QED) is 0.652. The number of benzene rings is 1. The van der Waals surface area contributed by atoms with Crippen LogP contribution < -0.4 is 10.1 Å².